The molecule has 1 aliphatic rings. The van der Waals surface area contributed by atoms with Gasteiger partial charge in [0.1, 0.15) is 35.5 Å². The quantitative estimate of drug-likeness (QED) is 0.103. The van der Waals surface area contributed by atoms with Crippen molar-refractivity contribution in [1.29, 1.82) is 5.26 Å². The minimum atomic E-state index is -0.546. The SMILES string of the molecule is CCCCCCN1C(=O)C(C#N)=C(C)/C(=C\c2cn(-c3ccccc3)nc2-c2cccc(OCc3ccc(F)cc3)c2)C1=O. The van der Waals surface area contributed by atoms with Gasteiger partial charge in [-0.2, -0.15) is 10.4 Å². The van der Waals surface area contributed by atoms with Crippen molar-refractivity contribution in [3.8, 4) is 28.8 Å². The van der Waals surface area contributed by atoms with Gasteiger partial charge in [-0.3, -0.25) is 14.5 Å². The summed E-state index contributed by atoms with van der Waals surface area (Å²) in [7, 11) is 0. The summed E-state index contributed by atoms with van der Waals surface area (Å²) >= 11 is 0. The molecular formula is C36H33FN4O3. The largest absolute Gasteiger partial charge is 0.489 e. The number of hydrogen-bond donors (Lipinski definition) is 0. The summed E-state index contributed by atoms with van der Waals surface area (Å²) in [5.74, 6) is -0.674. The van der Waals surface area contributed by atoms with Crippen LogP contribution in [0, 0.1) is 17.1 Å². The number of carbonyl (C=O) groups is 2. The van der Waals surface area contributed by atoms with Gasteiger partial charge < -0.3 is 4.74 Å². The molecule has 0 atom stereocenters. The molecule has 3 aromatic carbocycles. The van der Waals surface area contributed by atoms with Crippen LogP contribution in [0.4, 0.5) is 4.39 Å². The molecule has 8 heteroatoms. The number of rotatable bonds is 11. The molecule has 0 fully saturated rings. The van der Waals surface area contributed by atoms with E-state index in [0.717, 1.165) is 36.1 Å². The minimum Gasteiger partial charge on any atom is -0.489 e. The monoisotopic (exact) mass is 588 g/mol. The molecule has 2 amide bonds. The molecule has 5 rings (SSSR count). The molecule has 1 aromatic heterocycles. The normalized spacial score (nSPS) is 14.3. The first-order valence-electron chi connectivity index (χ1n) is 14.7. The first-order chi connectivity index (χ1) is 21.4. The Kier molecular flexibility index (Phi) is 9.46. The number of amides is 2. The first-order valence-corrected chi connectivity index (χ1v) is 14.7. The van der Waals surface area contributed by atoms with E-state index in [1.54, 1.807) is 29.8 Å². The lowest BCUT2D eigenvalue weighted by atomic mass is 9.93. The topological polar surface area (TPSA) is 88.2 Å². The minimum absolute atomic E-state index is 0.0282. The second kappa shape index (κ2) is 13.8. The lowest BCUT2D eigenvalue weighted by molar-refractivity contribution is -0.140. The maximum Gasteiger partial charge on any atom is 0.271 e. The van der Waals surface area contributed by atoms with E-state index in [9.17, 15) is 19.2 Å². The van der Waals surface area contributed by atoms with Crippen molar-refractivity contribution < 1.29 is 18.7 Å². The van der Waals surface area contributed by atoms with Gasteiger partial charge in [-0.05, 0) is 67.0 Å². The Morgan fingerprint density at radius 2 is 1.73 bits per heavy atom. The Bertz CT molecular complexity index is 1770. The molecule has 0 aliphatic carbocycles. The van der Waals surface area contributed by atoms with Gasteiger partial charge in [0.05, 0.1) is 5.69 Å². The number of hydrogen-bond acceptors (Lipinski definition) is 5. The Labute approximate surface area is 256 Å². The number of benzene rings is 3. The fourth-order valence-electron chi connectivity index (χ4n) is 5.10. The zero-order chi connectivity index (χ0) is 31.1. The molecule has 0 saturated heterocycles. The van der Waals surface area contributed by atoms with Crippen LogP contribution in [0.25, 0.3) is 23.0 Å². The average Bonchev–Trinajstić information content (AvgIpc) is 3.47. The molecule has 0 N–H and O–H groups in total. The lowest BCUT2D eigenvalue weighted by Gasteiger charge is -2.27. The van der Waals surface area contributed by atoms with E-state index in [2.05, 4.69) is 6.92 Å². The third-order valence-corrected chi connectivity index (χ3v) is 7.55. The highest BCUT2D eigenvalue weighted by molar-refractivity contribution is 6.19. The maximum absolute atomic E-state index is 13.7. The van der Waals surface area contributed by atoms with Crippen LogP contribution in [-0.2, 0) is 16.2 Å². The van der Waals surface area contributed by atoms with Crippen LogP contribution in [0.5, 0.6) is 5.75 Å². The van der Waals surface area contributed by atoms with Gasteiger partial charge in [0, 0.05) is 29.4 Å². The second-order valence-corrected chi connectivity index (χ2v) is 10.6. The number of para-hydroxylation sites is 1. The zero-order valence-corrected chi connectivity index (χ0v) is 24.8. The average molecular weight is 589 g/mol. The number of carbonyl (C=O) groups excluding carboxylic acids is 2. The van der Waals surface area contributed by atoms with E-state index < -0.39 is 11.8 Å². The molecule has 0 bridgehead atoms. The van der Waals surface area contributed by atoms with Crippen LogP contribution < -0.4 is 4.74 Å². The molecule has 7 nitrogen and oxygen atoms in total. The van der Waals surface area contributed by atoms with Crippen molar-refractivity contribution >= 4 is 17.9 Å². The molecular weight excluding hydrogens is 555 g/mol. The Morgan fingerprint density at radius 1 is 0.955 bits per heavy atom. The summed E-state index contributed by atoms with van der Waals surface area (Å²) in [5, 5.41) is 14.7. The van der Waals surface area contributed by atoms with Gasteiger partial charge in [0.15, 0.2) is 0 Å². The smallest absolute Gasteiger partial charge is 0.271 e. The first kappa shape index (κ1) is 30.2. The molecule has 4 aromatic rings. The number of unbranched alkanes of at least 4 members (excludes halogenated alkanes) is 3. The summed E-state index contributed by atoms with van der Waals surface area (Å²) in [5.41, 5.74) is 4.26. The second-order valence-electron chi connectivity index (χ2n) is 10.6. The summed E-state index contributed by atoms with van der Waals surface area (Å²) in [4.78, 5) is 28.0. The number of aromatic nitrogens is 2. The third kappa shape index (κ3) is 6.68. The Balaban J connectivity index is 1.54. The fourth-order valence-corrected chi connectivity index (χ4v) is 5.10. The van der Waals surface area contributed by atoms with E-state index in [1.807, 2.05) is 66.9 Å². The van der Waals surface area contributed by atoms with Gasteiger partial charge in [0.2, 0.25) is 0 Å². The van der Waals surface area contributed by atoms with E-state index in [1.165, 1.54) is 17.0 Å². The van der Waals surface area contributed by atoms with Crippen molar-refractivity contribution in [1.82, 2.24) is 14.7 Å². The van der Waals surface area contributed by atoms with Crippen molar-refractivity contribution in [3.05, 3.63) is 119 Å². The van der Waals surface area contributed by atoms with E-state index >= 15 is 0 Å². The third-order valence-electron chi connectivity index (χ3n) is 7.55. The Hall–Kier alpha value is -5.29. The molecule has 2 heterocycles. The van der Waals surface area contributed by atoms with Gasteiger partial charge in [-0.15, -0.1) is 0 Å². The van der Waals surface area contributed by atoms with Crippen LogP contribution >= 0.6 is 0 Å². The predicted molar refractivity (Wildman–Crippen MR) is 167 cm³/mol. The summed E-state index contributed by atoms with van der Waals surface area (Å²) in [6, 6.07) is 25.2. The summed E-state index contributed by atoms with van der Waals surface area (Å²) in [6.07, 6.45) is 7.16. The van der Waals surface area contributed by atoms with Crippen molar-refractivity contribution in [2.75, 3.05) is 6.54 Å². The number of nitriles is 1. The molecule has 0 unspecified atom stereocenters. The van der Waals surface area contributed by atoms with Crippen LogP contribution in [-0.4, -0.2) is 33.0 Å². The highest BCUT2D eigenvalue weighted by atomic mass is 19.1. The van der Waals surface area contributed by atoms with Crippen molar-refractivity contribution in [3.63, 3.8) is 0 Å². The molecule has 44 heavy (non-hydrogen) atoms. The highest BCUT2D eigenvalue weighted by Gasteiger charge is 2.35. The van der Waals surface area contributed by atoms with E-state index in [-0.39, 0.29) is 30.1 Å². The van der Waals surface area contributed by atoms with E-state index in [4.69, 9.17) is 9.84 Å². The molecule has 1 aliphatic heterocycles. The highest BCUT2D eigenvalue weighted by Crippen LogP contribution is 2.32. The molecule has 222 valence electrons. The van der Waals surface area contributed by atoms with Gasteiger partial charge in [0.25, 0.3) is 11.8 Å². The van der Waals surface area contributed by atoms with Crippen LogP contribution in [0.1, 0.15) is 50.7 Å². The Morgan fingerprint density at radius 3 is 2.45 bits per heavy atom. The maximum atomic E-state index is 13.7. The molecule has 0 spiro atoms. The number of halogens is 1. The number of imide groups is 1. The molecule has 0 radical (unpaired) electrons. The molecule has 0 saturated carbocycles. The summed E-state index contributed by atoms with van der Waals surface area (Å²) in [6.45, 7) is 4.26. The van der Waals surface area contributed by atoms with Crippen LogP contribution in [0.2, 0.25) is 0 Å². The zero-order valence-electron chi connectivity index (χ0n) is 24.8. The summed E-state index contributed by atoms with van der Waals surface area (Å²) < 4.78 is 21.1. The number of nitrogens with zero attached hydrogens (tertiary/aromatic N) is 4. The van der Waals surface area contributed by atoms with Crippen LogP contribution in [0.3, 0.4) is 0 Å². The van der Waals surface area contributed by atoms with Gasteiger partial charge >= 0.3 is 0 Å². The van der Waals surface area contributed by atoms with Crippen molar-refractivity contribution in [2.45, 2.75) is 46.1 Å². The standard InChI is InChI=1S/C36H33FN4O3/c1-3-4-5-9-19-40-35(42)32(25(2)33(22-38)36(40)43)21-28-23-41(30-12-7-6-8-13-30)39-34(28)27-11-10-14-31(20-27)44-24-26-15-17-29(37)18-16-26/h6-8,10-18,20-21,23H,3-5,9,19,24H2,1-2H3/b32-21+. The van der Waals surface area contributed by atoms with Crippen molar-refractivity contribution in [2.24, 2.45) is 0 Å². The fraction of sp³-hybridized carbons (Fsp3) is 0.222. The van der Waals surface area contributed by atoms with E-state index in [0.29, 0.717) is 29.0 Å². The lowest BCUT2D eigenvalue weighted by Crippen LogP contribution is -2.43. The predicted octanol–water partition coefficient (Wildman–Crippen LogP) is 7.43. The van der Waals surface area contributed by atoms with Crippen LogP contribution in [0.15, 0.2) is 102 Å². The van der Waals surface area contributed by atoms with Gasteiger partial charge in [-0.1, -0.05) is 68.7 Å². The van der Waals surface area contributed by atoms with Gasteiger partial charge in [-0.25, -0.2) is 9.07 Å². The number of ether oxygens (including phenoxy) is 1.